The van der Waals surface area contributed by atoms with Crippen LogP contribution in [-0.2, 0) is 4.79 Å². The number of aliphatic carboxylic acids is 1. The first-order valence-electron chi connectivity index (χ1n) is 4.49. The second kappa shape index (κ2) is 3.57. The number of carboxylic acids is 1. The predicted octanol–water partition coefficient (Wildman–Crippen LogP) is 1.83. The van der Waals surface area contributed by atoms with Gasteiger partial charge in [-0.25, -0.2) is 0 Å². The highest BCUT2D eigenvalue weighted by molar-refractivity contribution is 6.12. The van der Waals surface area contributed by atoms with Crippen molar-refractivity contribution in [1.82, 2.24) is 4.98 Å². The van der Waals surface area contributed by atoms with Crippen LogP contribution in [0, 0.1) is 0 Å². The lowest BCUT2D eigenvalue weighted by Gasteiger charge is -1.99. The number of ketones is 1. The van der Waals surface area contributed by atoms with Crippen molar-refractivity contribution in [2.45, 2.75) is 6.42 Å². The third-order valence-electron chi connectivity index (χ3n) is 2.21. The molecule has 4 nitrogen and oxygen atoms in total. The molecule has 0 saturated heterocycles. The van der Waals surface area contributed by atoms with E-state index in [1.54, 1.807) is 24.4 Å². The van der Waals surface area contributed by atoms with E-state index in [0.717, 1.165) is 10.9 Å². The number of aromatic amines is 1. The Hall–Kier alpha value is -2.10. The zero-order chi connectivity index (χ0) is 10.8. The molecule has 2 rings (SSSR count). The van der Waals surface area contributed by atoms with E-state index in [1.165, 1.54) is 0 Å². The molecule has 0 atom stereocenters. The molecule has 2 N–H and O–H groups in total. The molecular weight excluding hydrogens is 194 g/mol. The van der Waals surface area contributed by atoms with E-state index in [9.17, 15) is 9.59 Å². The maximum Gasteiger partial charge on any atom is 0.311 e. The lowest BCUT2D eigenvalue weighted by atomic mass is 10.0. The molecule has 2 aromatic rings. The van der Waals surface area contributed by atoms with Gasteiger partial charge in [-0.1, -0.05) is 12.1 Å². The summed E-state index contributed by atoms with van der Waals surface area (Å²) in [7, 11) is 0. The van der Waals surface area contributed by atoms with Gasteiger partial charge in [-0.15, -0.1) is 0 Å². The number of carboxylic acid groups (broad SMARTS) is 1. The standard InChI is InChI=1S/C11H9NO3/c13-10(6-11(14)15)8-2-1-3-9-7(8)4-5-12-9/h1-5,12H,6H2,(H,14,15). The summed E-state index contributed by atoms with van der Waals surface area (Å²) >= 11 is 0. The van der Waals surface area contributed by atoms with Gasteiger partial charge < -0.3 is 10.1 Å². The minimum atomic E-state index is -1.10. The van der Waals surface area contributed by atoms with Crippen LogP contribution in [-0.4, -0.2) is 21.8 Å². The van der Waals surface area contributed by atoms with E-state index in [0.29, 0.717) is 5.56 Å². The molecule has 0 amide bonds. The monoisotopic (exact) mass is 203 g/mol. The summed E-state index contributed by atoms with van der Waals surface area (Å²) in [5.41, 5.74) is 1.29. The quantitative estimate of drug-likeness (QED) is 0.590. The number of carbonyl (C=O) groups is 2. The van der Waals surface area contributed by atoms with Crippen molar-refractivity contribution in [1.29, 1.82) is 0 Å². The number of hydrogen-bond donors (Lipinski definition) is 2. The molecule has 0 aliphatic carbocycles. The molecule has 76 valence electrons. The molecular formula is C11H9NO3. The highest BCUT2D eigenvalue weighted by atomic mass is 16.4. The van der Waals surface area contributed by atoms with Gasteiger partial charge in [0.25, 0.3) is 0 Å². The van der Waals surface area contributed by atoms with Crippen molar-refractivity contribution in [2.24, 2.45) is 0 Å². The van der Waals surface area contributed by atoms with Gasteiger partial charge >= 0.3 is 5.97 Å². The van der Waals surface area contributed by atoms with Crippen LogP contribution < -0.4 is 0 Å². The molecule has 0 radical (unpaired) electrons. The largest absolute Gasteiger partial charge is 0.481 e. The second-order valence-corrected chi connectivity index (χ2v) is 3.24. The molecule has 0 saturated carbocycles. The van der Waals surface area contributed by atoms with Gasteiger partial charge in [0, 0.05) is 22.7 Å². The summed E-state index contributed by atoms with van der Waals surface area (Å²) in [5.74, 6) is -1.47. The maximum atomic E-state index is 11.6. The number of aromatic nitrogens is 1. The average molecular weight is 203 g/mol. The third kappa shape index (κ3) is 1.74. The number of H-pyrrole nitrogens is 1. The summed E-state index contributed by atoms with van der Waals surface area (Å²) in [4.78, 5) is 25.0. The zero-order valence-corrected chi connectivity index (χ0v) is 7.86. The second-order valence-electron chi connectivity index (χ2n) is 3.24. The van der Waals surface area contributed by atoms with Gasteiger partial charge in [-0.05, 0) is 12.1 Å². The Kier molecular flexibility index (Phi) is 2.25. The van der Waals surface area contributed by atoms with Crippen molar-refractivity contribution in [3.63, 3.8) is 0 Å². The van der Waals surface area contributed by atoms with Gasteiger partial charge in [-0.3, -0.25) is 9.59 Å². The van der Waals surface area contributed by atoms with E-state index in [2.05, 4.69) is 4.98 Å². The van der Waals surface area contributed by atoms with Crippen LogP contribution in [0.25, 0.3) is 10.9 Å². The van der Waals surface area contributed by atoms with Crippen LogP contribution in [0.15, 0.2) is 30.5 Å². The van der Waals surface area contributed by atoms with Crippen LogP contribution in [0.5, 0.6) is 0 Å². The lowest BCUT2D eigenvalue weighted by molar-refractivity contribution is -0.135. The first-order valence-corrected chi connectivity index (χ1v) is 4.49. The highest BCUT2D eigenvalue weighted by Gasteiger charge is 2.13. The summed E-state index contributed by atoms with van der Waals surface area (Å²) in [6.45, 7) is 0. The number of nitrogens with one attached hydrogen (secondary N) is 1. The van der Waals surface area contributed by atoms with Crippen LogP contribution >= 0.6 is 0 Å². The Morgan fingerprint density at radius 2 is 2.07 bits per heavy atom. The molecule has 0 bridgehead atoms. The van der Waals surface area contributed by atoms with Gasteiger partial charge in [0.2, 0.25) is 0 Å². The average Bonchev–Trinajstić information content (AvgIpc) is 2.63. The lowest BCUT2D eigenvalue weighted by Crippen LogP contribution is -2.07. The smallest absolute Gasteiger partial charge is 0.311 e. The summed E-state index contributed by atoms with van der Waals surface area (Å²) in [5, 5.41) is 9.31. The van der Waals surface area contributed by atoms with Crippen molar-refractivity contribution in [3.05, 3.63) is 36.0 Å². The number of Topliss-reactive ketones (excluding diaryl/α,β-unsaturated/α-hetero) is 1. The number of rotatable bonds is 3. The number of benzene rings is 1. The van der Waals surface area contributed by atoms with Gasteiger partial charge in [0.15, 0.2) is 5.78 Å². The molecule has 0 aliphatic rings. The van der Waals surface area contributed by atoms with Crippen LogP contribution in [0.2, 0.25) is 0 Å². The summed E-state index contributed by atoms with van der Waals surface area (Å²) < 4.78 is 0. The molecule has 15 heavy (non-hydrogen) atoms. The molecule has 1 aromatic heterocycles. The minimum absolute atomic E-state index is 0.368. The summed E-state index contributed by atoms with van der Waals surface area (Å²) in [6, 6.07) is 6.98. The van der Waals surface area contributed by atoms with Gasteiger partial charge in [-0.2, -0.15) is 0 Å². The van der Waals surface area contributed by atoms with Crippen molar-refractivity contribution < 1.29 is 14.7 Å². The van der Waals surface area contributed by atoms with Crippen molar-refractivity contribution >= 4 is 22.7 Å². The van der Waals surface area contributed by atoms with Crippen molar-refractivity contribution in [2.75, 3.05) is 0 Å². The number of carbonyl (C=O) groups excluding carboxylic acids is 1. The molecule has 1 aromatic carbocycles. The topological polar surface area (TPSA) is 70.2 Å². The Morgan fingerprint density at radius 3 is 2.80 bits per heavy atom. The SMILES string of the molecule is O=C(O)CC(=O)c1cccc2[nH]ccc12. The normalized spacial score (nSPS) is 10.4. The zero-order valence-electron chi connectivity index (χ0n) is 7.86. The van der Waals surface area contributed by atoms with E-state index < -0.39 is 12.4 Å². The molecule has 0 unspecified atom stereocenters. The third-order valence-corrected chi connectivity index (χ3v) is 2.21. The number of hydrogen-bond acceptors (Lipinski definition) is 2. The predicted molar refractivity (Wildman–Crippen MR) is 54.9 cm³/mol. The molecule has 0 spiro atoms. The van der Waals surface area contributed by atoms with Gasteiger partial charge in [0.05, 0.1) is 0 Å². The van der Waals surface area contributed by atoms with E-state index in [4.69, 9.17) is 5.11 Å². The number of fused-ring (bicyclic) bond motifs is 1. The van der Waals surface area contributed by atoms with E-state index >= 15 is 0 Å². The Morgan fingerprint density at radius 1 is 1.27 bits per heavy atom. The fraction of sp³-hybridized carbons (Fsp3) is 0.0909. The van der Waals surface area contributed by atoms with Crippen LogP contribution in [0.4, 0.5) is 0 Å². The Bertz CT molecular complexity index is 527. The molecule has 4 heteroatoms. The Labute approximate surface area is 85.5 Å². The van der Waals surface area contributed by atoms with Crippen LogP contribution in [0.3, 0.4) is 0 Å². The fourth-order valence-corrected chi connectivity index (χ4v) is 1.56. The first-order chi connectivity index (χ1) is 7.18. The molecule has 0 fully saturated rings. The van der Waals surface area contributed by atoms with Crippen molar-refractivity contribution in [3.8, 4) is 0 Å². The van der Waals surface area contributed by atoms with E-state index in [-0.39, 0.29) is 5.78 Å². The van der Waals surface area contributed by atoms with Gasteiger partial charge in [0.1, 0.15) is 6.42 Å². The maximum absolute atomic E-state index is 11.6. The molecule has 0 aliphatic heterocycles. The van der Waals surface area contributed by atoms with Crippen LogP contribution in [0.1, 0.15) is 16.8 Å². The first kappa shape index (κ1) is 9.45. The fourth-order valence-electron chi connectivity index (χ4n) is 1.56. The minimum Gasteiger partial charge on any atom is -0.481 e. The molecule has 1 heterocycles. The Balaban J connectivity index is 2.47. The highest BCUT2D eigenvalue weighted by Crippen LogP contribution is 2.18. The summed E-state index contributed by atoms with van der Waals surface area (Å²) in [6.07, 6.45) is 1.26. The van der Waals surface area contributed by atoms with E-state index in [1.807, 2.05) is 6.07 Å².